The van der Waals surface area contributed by atoms with Crippen LogP contribution in [-0.2, 0) is 11.3 Å². The molecule has 1 aromatic carbocycles. The SMILES string of the molecule is O=C(Cn1cccn1)Nc1c(F)cc(Cl)cc1Cl. The summed E-state index contributed by atoms with van der Waals surface area (Å²) < 4.78 is 15.0. The van der Waals surface area contributed by atoms with Gasteiger partial charge in [-0.05, 0) is 18.2 Å². The number of carbonyl (C=O) groups excluding carboxylic acids is 1. The van der Waals surface area contributed by atoms with E-state index in [1.54, 1.807) is 18.5 Å². The van der Waals surface area contributed by atoms with Gasteiger partial charge in [-0.1, -0.05) is 23.2 Å². The molecule has 1 N–H and O–H groups in total. The predicted octanol–water partition coefficient (Wildman–Crippen LogP) is 2.97. The molecule has 0 aliphatic rings. The first-order valence-corrected chi connectivity index (χ1v) is 5.73. The Morgan fingerprint density at radius 2 is 2.22 bits per heavy atom. The van der Waals surface area contributed by atoms with Gasteiger partial charge in [0, 0.05) is 17.4 Å². The molecule has 0 radical (unpaired) electrons. The maximum absolute atomic E-state index is 13.5. The summed E-state index contributed by atoms with van der Waals surface area (Å²) in [4.78, 5) is 11.6. The first-order chi connectivity index (χ1) is 8.56. The lowest BCUT2D eigenvalue weighted by Crippen LogP contribution is -2.19. The fourth-order valence-electron chi connectivity index (χ4n) is 1.38. The van der Waals surface area contributed by atoms with Crippen molar-refractivity contribution in [3.05, 3.63) is 46.5 Å². The van der Waals surface area contributed by atoms with Gasteiger partial charge in [0.25, 0.3) is 0 Å². The third-order valence-electron chi connectivity index (χ3n) is 2.14. The van der Waals surface area contributed by atoms with E-state index >= 15 is 0 Å². The van der Waals surface area contributed by atoms with E-state index in [9.17, 15) is 9.18 Å². The van der Waals surface area contributed by atoms with Gasteiger partial charge in [0.15, 0.2) is 0 Å². The molecule has 1 aromatic heterocycles. The Morgan fingerprint density at radius 3 is 2.83 bits per heavy atom. The van der Waals surface area contributed by atoms with Gasteiger partial charge >= 0.3 is 0 Å². The average molecular weight is 288 g/mol. The van der Waals surface area contributed by atoms with Crippen LogP contribution in [0, 0.1) is 5.82 Å². The predicted molar refractivity (Wildman–Crippen MR) is 67.3 cm³/mol. The molecule has 0 bridgehead atoms. The molecular formula is C11H8Cl2FN3O. The van der Waals surface area contributed by atoms with Crippen LogP contribution in [0.5, 0.6) is 0 Å². The Hall–Kier alpha value is -1.59. The number of hydrogen-bond donors (Lipinski definition) is 1. The number of carbonyl (C=O) groups is 1. The minimum absolute atomic E-state index is 0.0224. The van der Waals surface area contributed by atoms with Crippen LogP contribution in [-0.4, -0.2) is 15.7 Å². The van der Waals surface area contributed by atoms with Crippen LogP contribution in [0.4, 0.5) is 10.1 Å². The number of rotatable bonds is 3. The lowest BCUT2D eigenvalue weighted by molar-refractivity contribution is -0.116. The number of aromatic nitrogens is 2. The van der Waals surface area contributed by atoms with Crippen LogP contribution >= 0.6 is 23.2 Å². The molecule has 18 heavy (non-hydrogen) atoms. The molecule has 0 fully saturated rings. The third kappa shape index (κ3) is 3.00. The second-order valence-electron chi connectivity index (χ2n) is 3.50. The Labute approximate surface area is 112 Å². The number of benzene rings is 1. The van der Waals surface area contributed by atoms with E-state index in [4.69, 9.17) is 23.2 Å². The van der Waals surface area contributed by atoms with Crippen LogP contribution in [0.1, 0.15) is 0 Å². The molecule has 94 valence electrons. The largest absolute Gasteiger partial charge is 0.321 e. The van der Waals surface area contributed by atoms with E-state index in [-0.39, 0.29) is 22.3 Å². The van der Waals surface area contributed by atoms with Crippen LogP contribution < -0.4 is 5.32 Å². The first-order valence-electron chi connectivity index (χ1n) is 4.98. The van der Waals surface area contributed by atoms with E-state index in [0.29, 0.717) is 0 Å². The molecular weight excluding hydrogens is 280 g/mol. The average Bonchev–Trinajstić information content (AvgIpc) is 2.76. The Balaban J connectivity index is 2.12. The van der Waals surface area contributed by atoms with Gasteiger partial charge in [-0.2, -0.15) is 5.10 Å². The fraction of sp³-hybridized carbons (Fsp3) is 0.0909. The van der Waals surface area contributed by atoms with Crippen LogP contribution in [0.25, 0.3) is 0 Å². The van der Waals surface area contributed by atoms with Crippen molar-refractivity contribution in [3.8, 4) is 0 Å². The number of halogens is 3. The molecule has 0 spiro atoms. The number of amides is 1. The van der Waals surface area contributed by atoms with Crippen molar-refractivity contribution in [2.45, 2.75) is 6.54 Å². The highest BCUT2D eigenvalue weighted by molar-refractivity contribution is 6.36. The van der Waals surface area contributed by atoms with Gasteiger partial charge in [0.05, 0.1) is 10.7 Å². The molecule has 0 atom stereocenters. The Morgan fingerprint density at radius 1 is 1.44 bits per heavy atom. The lowest BCUT2D eigenvalue weighted by atomic mass is 10.3. The second-order valence-corrected chi connectivity index (χ2v) is 4.34. The van der Waals surface area contributed by atoms with E-state index in [1.807, 2.05) is 0 Å². The molecule has 7 heteroatoms. The summed E-state index contributed by atoms with van der Waals surface area (Å²) >= 11 is 11.4. The van der Waals surface area contributed by atoms with E-state index in [0.717, 1.165) is 6.07 Å². The molecule has 0 saturated carbocycles. The Bertz CT molecular complexity index is 549. The van der Waals surface area contributed by atoms with Crippen molar-refractivity contribution >= 4 is 34.8 Å². The standard InChI is InChI=1S/C11H8Cl2FN3O/c12-7-4-8(13)11(9(14)5-7)16-10(18)6-17-3-1-2-15-17/h1-5H,6H2,(H,16,18). The van der Waals surface area contributed by atoms with Gasteiger partial charge in [-0.15, -0.1) is 0 Å². The number of hydrogen-bond acceptors (Lipinski definition) is 2. The quantitative estimate of drug-likeness (QED) is 0.943. The molecule has 1 amide bonds. The summed E-state index contributed by atoms with van der Waals surface area (Å²) in [5.41, 5.74) is -0.0850. The van der Waals surface area contributed by atoms with Crippen molar-refractivity contribution in [3.63, 3.8) is 0 Å². The van der Waals surface area contributed by atoms with Gasteiger partial charge < -0.3 is 5.32 Å². The molecule has 0 unspecified atom stereocenters. The number of nitrogens with one attached hydrogen (secondary N) is 1. The highest BCUT2D eigenvalue weighted by atomic mass is 35.5. The van der Waals surface area contributed by atoms with Crippen molar-refractivity contribution in [2.24, 2.45) is 0 Å². The van der Waals surface area contributed by atoms with Crippen molar-refractivity contribution in [1.82, 2.24) is 9.78 Å². The summed E-state index contributed by atoms with van der Waals surface area (Å²) in [5, 5.41) is 6.46. The molecule has 0 aliphatic heterocycles. The maximum Gasteiger partial charge on any atom is 0.246 e. The van der Waals surface area contributed by atoms with E-state index in [2.05, 4.69) is 10.4 Å². The number of nitrogens with zero attached hydrogens (tertiary/aromatic N) is 2. The van der Waals surface area contributed by atoms with Gasteiger partial charge in [-0.3, -0.25) is 9.48 Å². The smallest absolute Gasteiger partial charge is 0.246 e. The zero-order valence-electron chi connectivity index (χ0n) is 9.03. The topological polar surface area (TPSA) is 46.9 Å². The van der Waals surface area contributed by atoms with E-state index in [1.165, 1.54) is 10.7 Å². The van der Waals surface area contributed by atoms with Crippen molar-refractivity contribution in [2.75, 3.05) is 5.32 Å². The Kier molecular flexibility index (Phi) is 3.84. The maximum atomic E-state index is 13.5. The summed E-state index contributed by atoms with van der Waals surface area (Å²) in [5.74, 6) is -1.11. The highest BCUT2D eigenvalue weighted by Gasteiger charge is 2.12. The van der Waals surface area contributed by atoms with Crippen LogP contribution in [0.3, 0.4) is 0 Å². The second kappa shape index (κ2) is 5.37. The van der Waals surface area contributed by atoms with Gasteiger partial charge in [-0.25, -0.2) is 4.39 Å². The van der Waals surface area contributed by atoms with Crippen LogP contribution in [0.15, 0.2) is 30.6 Å². The molecule has 2 rings (SSSR count). The highest BCUT2D eigenvalue weighted by Crippen LogP contribution is 2.28. The minimum Gasteiger partial charge on any atom is -0.321 e. The molecule has 2 aromatic rings. The monoisotopic (exact) mass is 287 g/mol. The summed E-state index contributed by atoms with van der Waals surface area (Å²) in [6, 6.07) is 4.12. The van der Waals surface area contributed by atoms with Gasteiger partial charge in [0.1, 0.15) is 12.4 Å². The fourth-order valence-corrected chi connectivity index (χ4v) is 1.90. The molecule has 1 heterocycles. The minimum atomic E-state index is -0.679. The summed E-state index contributed by atoms with van der Waals surface area (Å²) in [7, 11) is 0. The molecule has 4 nitrogen and oxygen atoms in total. The zero-order valence-corrected chi connectivity index (χ0v) is 10.5. The normalized spacial score (nSPS) is 10.4. The molecule has 0 aliphatic carbocycles. The van der Waals surface area contributed by atoms with Crippen molar-refractivity contribution < 1.29 is 9.18 Å². The lowest BCUT2D eigenvalue weighted by Gasteiger charge is -2.09. The summed E-state index contributed by atoms with van der Waals surface area (Å²) in [6.07, 6.45) is 3.17. The van der Waals surface area contributed by atoms with Crippen LogP contribution in [0.2, 0.25) is 10.0 Å². The zero-order chi connectivity index (χ0) is 13.1. The summed E-state index contributed by atoms with van der Waals surface area (Å²) in [6.45, 7) is -0.0224. The van der Waals surface area contributed by atoms with E-state index < -0.39 is 11.7 Å². The third-order valence-corrected chi connectivity index (χ3v) is 2.65. The number of anilines is 1. The van der Waals surface area contributed by atoms with Crippen molar-refractivity contribution in [1.29, 1.82) is 0 Å². The first kappa shape index (κ1) is 12.9. The van der Waals surface area contributed by atoms with Gasteiger partial charge in [0.2, 0.25) is 5.91 Å². The molecule has 0 saturated heterocycles.